The Labute approximate surface area is 295 Å². The number of hydrogen-bond acceptors (Lipinski definition) is 3. The minimum absolute atomic E-state index is 0.233. The van der Waals surface area contributed by atoms with Gasteiger partial charge in [0.15, 0.2) is 0 Å². The van der Waals surface area contributed by atoms with Gasteiger partial charge in [0.25, 0.3) is 0 Å². The van der Waals surface area contributed by atoms with Crippen molar-refractivity contribution < 1.29 is 0 Å². The predicted molar refractivity (Wildman–Crippen MR) is 211 cm³/mol. The van der Waals surface area contributed by atoms with Crippen LogP contribution in [0.25, 0.3) is 61.1 Å². The summed E-state index contributed by atoms with van der Waals surface area (Å²) in [7, 11) is 0. The molecule has 0 spiro atoms. The van der Waals surface area contributed by atoms with Crippen LogP contribution in [0.15, 0.2) is 166 Å². The molecule has 1 aliphatic heterocycles. The summed E-state index contributed by atoms with van der Waals surface area (Å²) in [4.78, 5) is 10.7. The molecule has 2 aliphatic rings. The first-order chi connectivity index (χ1) is 23.9. The topological polar surface area (TPSA) is 17.8 Å². The van der Waals surface area contributed by atoms with Crippen molar-refractivity contribution in [2.24, 2.45) is 0 Å². The van der Waals surface area contributed by atoms with Crippen LogP contribution in [-0.2, 0) is 5.41 Å². The molecule has 236 valence electrons. The molecule has 0 atom stereocenters. The summed E-state index contributed by atoms with van der Waals surface area (Å²) < 4.78 is 2.43. The minimum Gasteiger partial charge on any atom is -0.293 e. The van der Waals surface area contributed by atoms with E-state index in [2.05, 4.69) is 159 Å². The lowest BCUT2D eigenvalue weighted by atomic mass is 9.81. The monoisotopic (exact) mass is 666 g/mol. The Morgan fingerprint density at radius 1 is 0.694 bits per heavy atom. The number of nitrogens with zero attached hydrogens (tertiary/aromatic N) is 2. The normalized spacial score (nSPS) is 14.8. The summed E-state index contributed by atoms with van der Waals surface area (Å²) >= 11 is 3.74. The van der Waals surface area contributed by atoms with E-state index in [-0.39, 0.29) is 5.41 Å². The molecule has 7 aromatic rings. The molecule has 0 saturated carbocycles. The molecule has 5 aromatic carbocycles. The highest BCUT2D eigenvalue weighted by Gasteiger charge is 2.40. The SMILES string of the molecule is C=C/C=C\C1=C(C)Sc2cc3c(cc2S1)C(C)(C)c1c-3ccc2c3ccccc3n(-c3cc(-c4ccccc4)cc(-c4ccccc4)n3)c12. The van der Waals surface area contributed by atoms with Gasteiger partial charge in [-0.2, -0.15) is 0 Å². The summed E-state index contributed by atoms with van der Waals surface area (Å²) in [5.74, 6) is 0.926. The van der Waals surface area contributed by atoms with Crippen molar-refractivity contribution in [3.05, 3.63) is 167 Å². The van der Waals surface area contributed by atoms with Gasteiger partial charge in [-0.1, -0.05) is 147 Å². The molecule has 2 aromatic heterocycles. The summed E-state index contributed by atoms with van der Waals surface area (Å²) in [6, 6.07) is 44.1. The lowest BCUT2D eigenvalue weighted by Crippen LogP contribution is -2.17. The Balaban J connectivity index is 1.32. The third kappa shape index (κ3) is 4.77. The van der Waals surface area contributed by atoms with Crippen molar-refractivity contribution in [1.29, 1.82) is 0 Å². The maximum atomic E-state index is 5.44. The van der Waals surface area contributed by atoms with Crippen LogP contribution in [0, 0.1) is 0 Å². The van der Waals surface area contributed by atoms with Crippen molar-refractivity contribution in [2.75, 3.05) is 0 Å². The Morgan fingerprint density at radius 2 is 1.41 bits per heavy atom. The Morgan fingerprint density at radius 3 is 2.18 bits per heavy atom. The smallest absolute Gasteiger partial charge is 0.138 e. The molecule has 0 amide bonds. The van der Waals surface area contributed by atoms with E-state index in [1.807, 2.05) is 35.7 Å². The molecule has 49 heavy (non-hydrogen) atoms. The number of fused-ring (bicyclic) bond motifs is 8. The molecular formula is C45H34N2S2. The zero-order valence-electron chi connectivity index (χ0n) is 27.7. The van der Waals surface area contributed by atoms with Gasteiger partial charge in [-0.05, 0) is 76.7 Å². The van der Waals surface area contributed by atoms with Crippen LogP contribution in [0.2, 0.25) is 0 Å². The quantitative estimate of drug-likeness (QED) is 0.170. The first-order valence-corrected chi connectivity index (χ1v) is 18.3. The number of benzene rings is 5. The largest absolute Gasteiger partial charge is 0.293 e. The lowest BCUT2D eigenvalue weighted by molar-refractivity contribution is 0.661. The number of aromatic nitrogens is 2. The van der Waals surface area contributed by atoms with Gasteiger partial charge in [-0.15, -0.1) is 0 Å². The fourth-order valence-corrected chi connectivity index (χ4v) is 9.84. The van der Waals surface area contributed by atoms with Crippen molar-refractivity contribution >= 4 is 45.3 Å². The number of rotatable bonds is 5. The number of thioether (sulfide) groups is 2. The average molecular weight is 667 g/mol. The number of pyridine rings is 1. The third-order valence-corrected chi connectivity index (χ3v) is 12.5. The van der Waals surface area contributed by atoms with Crippen molar-refractivity contribution in [3.63, 3.8) is 0 Å². The molecule has 0 bridgehead atoms. The first-order valence-electron chi connectivity index (χ1n) is 16.7. The lowest BCUT2D eigenvalue weighted by Gasteiger charge is -2.25. The minimum atomic E-state index is -0.233. The molecule has 0 fully saturated rings. The van der Waals surface area contributed by atoms with Gasteiger partial charge in [0, 0.05) is 41.4 Å². The third-order valence-electron chi connectivity index (χ3n) is 9.94. The van der Waals surface area contributed by atoms with Gasteiger partial charge in [-0.3, -0.25) is 4.57 Å². The molecule has 0 saturated heterocycles. The van der Waals surface area contributed by atoms with Crippen LogP contribution in [0.4, 0.5) is 0 Å². The van der Waals surface area contributed by atoms with E-state index in [0.29, 0.717) is 0 Å². The highest BCUT2D eigenvalue weighted by Crippen LogP contribution is 2.57. The summed E-state index contributed by atoms with van der Waals surface area (Å²) in [6.07, 6.45) is 6.06. The molecule has 3 heterocycles. The van der Waals surface area contributed by atoms with Gasteiger partial charge < -0.3 is 0 Å². The predicted octanol–water partition coefficient (Wildman–Crippen LogP) is 13.0. The van der Waals surface area contributed by atoms with Crippen LogP contribution >= 0.6 is 23.5 Å². The summed E-state index contributed by atoms with van der Waals surface area (Å²) in [6.45, 7) is 10.9. The fourth-order valence-electron chi connectivity index (χ4n) is 7.64. The van der Waals surface area contributed by atoms with Crippen LogP contribution in [-0.4, -0.2) is 9.55 Å². The molecule has 2 nitrogen and oxygen atoms in total. The van der Waals surface area contributed by atoms with Crippen molar-refractivity contribution in [1.82, 2.24) is 9.55 Å². The second kappa shape index (κ2) is 11.5. The summed E-state index contributed by atoms with van der Waals surface area (Å²) in [5, 5.41) is 2.50. The number of hydrogen-bond donors (Lipinski definition) is 0. The van der Waals surface area contributed by atoms with E-state index in [0.717, 1.165) is 22.6 Å². The van der Waals surface area contributed by atoms with E-state index in [9.17, 15) is 0 Å². The van der Waals surface area contributed by atoms with Crippen molar-refractivity contribution in [3.8, 4) is 39.3 Å². The van der Waals surface area contributed by atoms with Crippen LogP contribution < -0.4 is 0 Å². The first kappa shape index (κ1) is 30.1. The Hall–Kier alpha value is -5.03. The van der Waals surface area contributed by atoms with E-state index >= 15 is 0 Å². The Kier molecular flexibility index (Phi) is 7.08. The summed E-state index contributed by atoms with van der Waals surface area (Å²) in [5.41, 5.74) is 11.9. The molecule has 9 rings (SSSR count). The molecule has 0 radical (unpaired) electrons. The maximum absolute atomic E-state index is 5.44. The maximum Gasteiger partial charge on any atom is 0.138 e. The van der Waals surface area contributed by atoms with Crippen LogP contribution in [0.3, 0.4) is 0 Å². The average Bonchev–Trinajstić information content (AvgIpc) is 3.58. The second-order valence-electron chi connectivity index (χ2n) is 13.3. The molecule has 4 heteroatoms. The van der Waals surface area contributed by atoms with Crippen molar-refractivity contribution in [2.45, 2.75) is 36.0 Å². The van der Waals surface area contributed by atoms with Gasteiger partial charge in [-0.25, -0.2) is 4.98 Å². The molecular weight excluding hydrogens is 633 g/mol. The van der Waals surface area contributed by atoms with E-state index < -0.39 is 0 Å². The van der Waals surface area contributed by atoms with E-state index in [1.165, 1.54) is 69.2 Å². The van der Waals surface area contributed by atoms with Gasteiger partial charge in [0.1, 0.15) is 5.82 Å². The Bertz CT molecular complexity index is 2480. The standard InChI is InChI=1S/C45H34N2S2/c1-5-6-21-39-28(2)48-40-26-35-33-22-23-34-32-19-13-14-20-38(32)47(44(34)43(33)45(3,4)36(35)27-41(40)49-39)42-25-31(29-15-9-7-10-16-29)24-37(46-42)30-17-11-8-12-18-30/h5-27H,1H2,2-4H3/b21-6-. The van der Waals surface area contributed by atoms with Gasteiger partial charge in [0.2, 0.25) is 0 Å². The van der Waals surface area contributed by atoms with Gasteiger partial charge in [0.05, 0.1) is 16.7 Å². The van der Waals surface area contributed by atoms with E-state index in [4.69, 9.17) is 4.98 Å². The number of allylic oxidation sites excluding steroid dienone is 4. The molecule has 0 N–H and O–H groups in total. The highest BCUT2D eigenvalue weighted by atomic mass is 32.2. The van der Waals surface area contributed by atoms with E-state index in [1.54, 1.807) is 0 Å². The van der Waals surface area contributed by atoms with Crippen LogP contribution in [0.1, 0.15) is 31.9 Å². The van der Waals surface area contributed by atoms with Crippen LogP contribution in [0.5, 0.6) is 0 Å². The fraction of sp³-hybridized carbons (Fsp3) is 0.0889. The zero-order chi connectivity index (χ0) is 33.3. The highest BCUT2D eigenvalue weighted by molar-refractivity contribution is 8.09. The molecule has 1 aliphatic carbocycles. The second-order valence-corrected chi connectivity index (χ2v) is 15.6. The zero-order valence-corrected chi connectivity index (χ0v) is 29.3. The number of para-hydroxylation sites is 1. The van der Waals surface area contributed by atoms with Gasteiger partial charge >= 0.3 is 0 Å². The molecule has 0 unspecified atom stereocenters.